The Bertz CT molecular complexity index is 246. The van der Waals surface area contributed by atoms with Crippen LogP contribution < -0.4 is 0 Å². The number of allylic oxidation sites excluding steroid dienone is 3. The zero-order valence-electron chi connectivity index (χ0n) is 8.05. The minimum absolute atomic E-state index is 0.0970. The van der Waals surface area contributed by atoms with Crippen LogP contribution in [0.1, 0.15) is 27.2 Å². The van der Waals surface area contributed by atoms with Crippen molar-refractivity contribution in [3.05, 3.63) is 24.3 Å². The molecule has 0 radical (unpaired) electrons. The Hall–Kier alpha value is -0.850. The number of hydrogen-bond acceptors (Lipinski definition) is 1. The van der Waals surface area contributed by atoms with Gasteiger partial charge in [0.1, 0.15) is 0 Å². The summed E-state index contributed by atoms with van der Waals surface area (Å²) >= 11 is 0. The third-order valence-electron chi connectivity index (χ3n) is 2.67. The normalized spacial score (nSPS) is 28.1. The Morgan fingerprint density at radius 2 is 2.25 bits per heavy atom. The van der Waals surface area contributed by atoms with Crippen molar-refractivity contribution in [1.82, 2.24) is 0 Å². The van der Waals surface area contributed by atoms with Crippen molar-refractivity contribution in [1.29, 1.82) is 0 Å². The molecule has 0 heterocycles. The first kappa shape index (κ1) is 9.24. The van der Waals surface area contributed by atoms with E-state index in [-0.39, 0.29) is 11.2 Å². The maximum absolute atomic E-state index is 11.3. The second-order valence-electron chi connectivity index (χ2n) is 4.12. The van der Waals surface area contributed by atoms with Gasteiger partial charge in [-0.1, -0.05) is 26.0 Å². The van der Waals surface area contributed by atoms with Crippen LogP contribution in [0.3, 0.4) is 0 Å². The van der Waals surface area contributed by atoms with Crippen molar-refractivity contribution in [3.63, 3.8) is 0 Å². The van der Waals surface area contributed by atoms with E-state index in [1.807, 2.05) is 13.0 Å². The summed E-state index contributed by atoms with van der Waals surface area (Å²) in [7, 11) is 0. The van der Waals surface area contributed by atoms with Gasteiger partial charge in [-0.15, -0.1) is 6.58 Å². The second kappa shape index (κ2) is 2.89. The van der Waals surface area contributed by atoms with E-state index in [1.165, 1.54) is 0 Å². The van der Waals surface area contributed by atoms with Crippen molar-refractivity contribution in [2.24, 2.45) is 11.3 Å². The molecule has 12 heavy (non-hydrogen) atoms. The minimum atomic E-state index is 0.0970. The van der Waals surface area contributed by atoms with E-state index in [1.54, 1.807) is 0 Å². The van der Waals surface area contributed by atoms with Crippen LogP contribution in [-0.2, 0) is 4.79 Å². The molecule has 0 aromatic heterocycles. The molecule has 0 N–H and O–H groups in total. The second-order valence-corrected chi connectivity index (χ2v) is 4.12. The smallest absolute Gasteiger partial charge is 0.158 e. The molecule has 0 bridgehead atoms. The number of rotatable bonds is 1. The van der Waals surface area contributed by atoms with Crippen molar-refractivity contribution in [2.45, 2.75) is 27.2 Å². The largest absolute Gasteiger partial charge is 0.295 e. The Morgan fingerprint density at radius 3 is 2.75 bits per heavy atom. The van der Waals surface area contributed by atoms with Crippen LogP contribution in [0.15, 0.2) is 24.3 Å². The molecule has 0 fully saturated rings. The van der Waals surface area contributed by atoms with Crippen molar-refractivity contribution < 1.29 is 4.79 Å². The van der Waals surface area contributed by atoms with Crippen LogP contribution in [0.5, 0.6) is 0 Å². The van der Waals surface area contributed by atoms with E-state index in [2.05, 4.69) is 26.5 Å². The maximum atomic E-state index is 11.3. The minimum Gasteiger partial charge on any atom is -0.295 e. The zero-order chi connectivity index (χ0) is 9.35. The van der Waals surface area contributed by atoms with Gasteiger partial charge in [0.15, 0.2) is 5.78 Å². The van der Waals surface area contributed by atoms with Crippen LogP contribution >= 0.6 is 0 Å². The van der Waals surface area contributed by atoms with Crippen LogP contribution in [0, 0.1) is 11.3 Å². The molecule has 1 unspecified atom stereocenters. The molecule has 0 aromatic carbocycles. The lowest BCUT2D eigenvalue weighted by Crippen LogP contribution is -2.28. The molecule has 1 aliphatic rings. The number of hydrogen-bond donors (Lipinski definition) is 0. The number of Topliss-reactive ketones (excluding diaryl/α,β-unsaturated/α-hetero) is 1. The van der Waals surface area contributed by atoms with E-state index < -0.39 is 0 Å². The van der Waals surface area contributed by atoms with Gasteiger partial charge in [0.25, 0.3) is 0 Å². The summed E-state index contributed by atoms with van der Waals surface area (Å²) in [5.41, 5.74) is 0.998. The summed E-state index contributed by atoms with van der Waals surface area (Å²) in [6.45, 7) is 9.95. The first-order chi connectivity index (χ1) is 5.47. The van der Waals surface area contributed by atoms with Crippen molar-refractivity contribution >= 4 is 5.78 Å². The summed E-state index contributed by atoms with van der Waals surface area (Å²) in [5.74, 6) is 0.563. The molecule has 0 saturated carbocycles. The lowest BCUT2D eigenvalue weighted by molar-refractivity contribution is -0.117. The van der Waals surface area contributed by atoms with E-state index in [0.717, 1.165) is 5.57 Å². The predicted octanol–water partition coefficient (Wildman–Crippen LogP) is 2.73. The van der Waals surface area contributed by atoms with Gasteiger partial charge < -0.3 is 0 Å². The SMILES string of the molecule is C=CC1CC(=O)C(C)=CC1(C)C. The molecule has 0 aliphatic heterocycles. The average molecular weight is 164 g/mol. The first-order valence-corrected chi connectivity index (χ1v) is 4.32. The molecular formula is C11H16O. The van der Waals surface area contributed by atoms with Crippen molar-refractivity contribution in [3.8, 4) is 0 Å². The van der Waals surface area contributed by atoms with Gasteiger partial charge in [0.05, 0.1) is 0 Å². The molecular weight excluding hydrogens is 148 g/mol. The van der Waals surface area contributed by atoms with E-state index in [4.69, 9.17) is 0 Å². The van der Waals surface area contributed by atoms with Gasteiger partial charge in [-0.25, -0.2) is 0 Å². The summed E-state index contributed by atoms with van der Waals surface area (Å²) in [6.07, 6.45) is 4.57. The van der Waals surface area contributed by atoms with Crippen LogP contribution in [0.2, 0.25) is 0 Å². The Morgan fingerprint density at radius 1 is 1.67 bits per heavy atom. The number of ketones is 1. The molecule has 0 amide bonds. The quantitative estimate of drug-likeness (QED) is 0.544. The van der Waals surface area contributed by atoms with Gasteiger partial charge in [0, 0.05) is 6.42 Å². The molecule has 0 saturated heterocycles. The van der Waals surface area contributed by atoms with Gasteiger partial charge in [-0.05, 0) is 23.8 Å². The molecule has 0 aromatic rings. The summed E-state index contributed by atoms with van der Waals surface area (Å²) in [4.78, 5) is 11.3. The summed E-state index contributed by atoms with van der Waals surface area (Å²) < 4.78 is 0. The average Bonchev–Trinajstić information content (AvgIpc) is 1.96. The lowest BCUT2D eigenvalue weighted by Gasteiger charge is -2.33. The lowest BCUT2D eigenvalue weighted by atomic mass is 9.71. The highest BCUT2D eigenvalue weighted by atomic mass is 16.1. The molecule has 1 nitrogen and oxygen atoms in total. The highest BCUT2D eigenvalue weighted by Crippen LogP contribution is 2.37. The van der Waals surface area contributed by atoms with E-state index in [0.29, 0.717) is 12.3 Å². The van der Waals surface area contributed by atoms with Gasteiger partial charge in [-0.3, -0.25) is 4.79 Å². The van der Waals surface area contributed by atoms with Gasteiger partial charge in [0.2, 0.25) is 0 Å². The third-order valence-corrected chi connectivity index (χ3v) is 2.67. The fraction of sp³-hybridized carbons (Fsp3) is 0.545. The summed E-state index contributed by atoms with van der Waals surface area (Å²) in [5, 5.41) is 0. The van der Waals surface area contributed by atoms with Gasteiger partial charge in [-0.2, -0.15) is 0 Å². The molecule has 66 valence electrons. The molecule has 1 heteroatoms. The van der Waals surface area contributed by atoms with Crippen LogP contribution in [-0.4, -0.2) is 5.78 Å². The fourth-order valence-electron chi connectivity index (χ4n) is 1.76. The molecule has 1 rings (SSSR count). The molecule has 1 atom stereocenters. The predicted molar refractivity (Wildman–Crippen MR) is 50.8 cm³/mol. The third kappa shape index (κ3) is 1.50. The fourth-order valence-corrected chi connectivity index (χ4v) is 1.76. The van der Waals surface area contributed by atoms with Crippen LogP contribution in [0.4, 0.5) is 0 Å². The Kier molecular flexibility index (Phi) is 2.22. The summed E-state index contributed by atoms with van der Waals surface area (Å²) in [6, 6.07) is 0. The Balaban J connectivity index is 3.01. The monoisotopic (exact) mass is 164 g/mol. The van der Waals surface area contributed by atoms with E-state index >= 15 is 0 Å². The number of carbonyl (C=O) groups excluding carboxylic acids is 1. The van der Waals surface area contributed by atoms with Crippen molar-refractivity contribution in [2.75, 3.05) is 0 Å². The topological polar surface area (TPSA) is 17.1 Å². The van der Waals surface area contributed by atoms with Gasteiger partial charge >= 0.3 is 0 Å². The first-order valence-electron chi connectivity index (χ1n) is 4.32. The number of carbonyl (C=O) groups is 1. The van der Waals surface area contributed by atoms with E-state index in [9.17, 15) is 4.79 Å². The highest BCUT2D eigenvalue weighted by Gasteiger charge is 2.31. The maximum Gasteiger partial charge on any atom is 0.158 e. The Labute approximate surface area is 74.2 Å². The molecule has 1 aliphatic carbocycles. The zero-order valence-corrected chi connectivity index (χ0v) is 8.05. The highest BCUT2D eigenvalue weighted by molar-refractivity contribution is 5.96. The molecule has 0 spiro atoms. The van der Waals surface area contributed by atoms with Crippen LogP contribution in [0.25, 0.3) is 0 Å². The standard InChI is InChI=1S/C11H16O/c1-5-9-6-10(12)8(2)7-11(9,3)4/h5,7,9H,1,6H2,2-4H3.